The Morgan fingerprint density at radius 3 is 1.29 bits per heavy atom. The second-order valence-corrected chi connectivity index (χ2v) is 35.1. The van der Waals surface area contributed by atoms with Crippen molar-refractivity contribution in [1.82, 2.24) is 0 Å². The van der Waals surface area contributed by atoms with E-state index in [9.17, 15) is 0 Å². The lowest BCUT2D eigenvalue weighted by molar-refractivity contribution is 0.146. The average Bonchev–Trinajstić information content (AvgIpc) is 2.34. The van der Waals surface area contributed by atoms with E-state index >= 15 is 0 Å². The maximum absolute atomic E-state index is 6.78. The fraction of sp³-hybridized carbons (Fsp3) is 1.00. The smallest absolute Gasteiger partial charge is 0.315 e. The Morgan fingerprint density at radius 2 is 0.903 bits per heavy atom. The highest BCUT2D eigenvalue weighted by Gasteiger charge is 2.47. The van der Waals surface area contributed by atoms with E-state index in [1.807, 2.05) is 6.92 Å². The first-order chi connectivity index (χ1) is 13.1. The molecule has 31 heavy (non-hydrogen) atoms. The van der Waals surface area contributed by atoms with Crippen LogP contribution in [0.3, 0.4) is 0 Å². The van der Waals surface area contributed by atoms with Crippen molar-refractivity contribution in [1.29, 1.82) is 0 Å². The van der Waals surface area contributed by atoms with Crippen molar-refractivity contribution in [2.24, 2.45) is 0 Å². The molecule has 0 amide bonds. The number of ether oxygens (including phenoxy) is 1. The molecule has 0 radical (unpaired) electrons. The van der Waals surface area contributed by atoms with E-state index in [1.165, 1.54) is 0 Å². The first-order valence-corrected chi connectivity index (χ1v) is 29.0. The van der Waals surface area contributed by atoms with Gasteiger partial charge in [0.05, 0.1) is 0 Å². The van der Waals surface area contributed by atoms with Crippen molar-refractivity contribution in [3.63, 3.8) is 0 Å². The third-order valence-corrected chi connectivity index (χ3v) is 25.1. The van der Waals surface area contributed by atoms with Crippen molar-refractivity contribution < 1.29 is 25.3 Å². The van der Waals surface area contributed by atoms with Gasteiger partial charge in [0.2, 0.25) is 0 Å². The molecule has 12 heteroatoms. The molecule has 0 fully saturated rings. The molecule has 0 aliphatic rings. The van der Waals surface area contributed by atoms with Gasteiger partial charge in [0.15, 0.2) is 16.6 Å². The van der Waals surface area contributed by atoms with Crippen LogP contribution in [0.1, 0.15) is 20.8 Å². The minimum atomic E-state index is -2.47. The molecule has 0 aliphatic carbocycles. The molecule has 0 bridgehead atoms. The van der Waals surface area contributed by atoms with Crippen LogP contribution in [0, 0.1) is 0 Å². The second kappa shape index (κ2) is 12.7. The first-order valence-electron chi connectivity index (χ1n) is 11.2. The van der Waals surface area contributed by atoms with Crippen molar-refractivity contribution >= 4 is 50.9 Å². The Morgan fingerprint density at radius 1 is 0.516 bits per heavy atom. The summed E-state index contributed by atoms with van der Waals surface area (Å²) in [6.07, 6.45) is 0.951. The normalized spacial score (nSPS) is 16.1. The molecule has 0 aromatic rings. The highest BCUT2D eigenvalue weighted by Crippen LogP contribution is 2.29. The Hall–Kier alpha value is 1.06. The van der Waals surface area contributed by atoms with Crippen molar-refractivity contribution in [3.8, 4) is 0 Å². The fourth-order valence-electron chi connectivity index (χ4n) is 3.91. The van der Waals surface area contributed by atoms with Gasteiger partial charge in [-0.15, -0.1) is 0 Å². The predicted octanol–water partition coefficient (Wildman–Crippen LogP) is 6.98. The molecule has 1 atom stereocenters. The van der Waals surface area contributed by atoms with Gasteiger partial charge >= 0.3 is 34.2 Å². The second-order valence-electron chi connectivity index (χ2n) is 11.4. The van der Waals surface area contributed by atoms with Gasteiger partial charge in [-0.1, -0.05) is 7.43 Å². The van der Waals surface area contributed by atoms with Gasteiger partial charge in [0.1, 0.15) is 0 Å². The standard InChI is InChI=1S/C18H50O6Si6.CH4/c1-15-19-17-16-18-30(14,21-26(5,6)7)24-29(12,13)23-28(10,11)22-27(8,9)20-25(2,3)4;/h15-18H2,1-14H3;1H4. The summed E-state index contributed by atoms with van der Waals surface area (Å²) in [5.74, 6) is 0. The molecule has 0 saturated carbocycles. The maximum Gasteiger partial charge on any atom is 0.315 e. The molecule has 0 N–H and O–H groups in total. The van der Waals surface area contributed by atoms with Gasteiger partial charge in [-0.25, -0.2) is 0 Å². The molecule has 6 nitrogen and oxygen atoms in total. The molecule has 0 spiro atoms. The third-order valence-electron chi connectivity index (χ3n) is 3.64. The summed E-state index contributed by atoms with van der Waals surface area (Å²) in [4.78, 5) is 0. The highest BCUT2D eigenvalue weighted by atomic mass is 28.5. The van der Waals surface area contributed by atoms with E-state index in [0.29, 0.717) is 0 Å². The summed E-state index contributed by atoms with van der Waals surface area (Å²) in [5, 5.41) is 0. The van der Waals surface area contributed by atoms with E-state index < -0.39 is 50.9 Å². The van der Waals surface area contributed by atoms with E-state index in [4.69, 9.17) is 25.3 Å². The third kappa shape index (κ3) is 18.1. The Balaban J connectivity index is 0. The number of hydrogen-bond donors (Lipinski definition) is 0. The topological polar surface area (TPSA) is 55.4 Å². The summed E-state index contributed by atoms with van der Waals surface area (Å²) in [6, 6.07) is 0.916. The summed E-state index contributed by atoms with van der Waals surface area (Å²) in [6.45, 7) is 31.7. The molecule has 0 aromatic heterocycles. The van der Waals surface area contributed by atoms with Crippen molar-refractivity contribution in [2.75, 3.05) is 13.2 Å². The van der Waals surface area contributed by atoms with Crippen LogP contribution in [0.2, 0.25) is 91.2 Å². The maximum atomic E-state index is 6.78. The van der Waals surface area contributed by atoms with Crippen LogP contribution in [0.5, 0.6) is 0 Å². The molecular formula is C19H54O6Si6. The van der Waals surface area contributed by atoms with Crippen LogP contribution in [0.15, 0.2) is 0 Å². The van der Waals surface area contributed by atoms with E-state index in [1.54, 1.807) is 0 Å². The lowest BCUT2D eigenvalue weighted by Gasteiger charge is -2.43. The number of hydrogen-bond acceptors (Lipinski definition) is 6. The van der Waals surface area contributed by atoms with Crippen LogP contribution < -0.4 is 0 Å². The highest BCUT2D eigenvalue weighted by molar-refractivity contribution is 6.91. The zero-order chi connectivity index (χ0) is 24.1. The van der Waals surface area contributed by atoms with Gasteiger partial charge in [0.25, 0.3) is 0 Å². The Kier molecular flexibility index (Phi) is 14.0. The van der Waals surface area contributed by atoms with Crippen LogP contribution >= 0.6 is 0 Å². The van der Waals surface area contributed by atoms with Crippen LogP contribution in [0.4, 0.5) is 0 Å². The van der Waals surface area contributed by atoms with Crippen molar-refractivity contribution in [2.45, 2.75) is 112 Å². The molecule has 0 rings (SSSR count). The minimum Gasteiger partial charge on any atom is -0.437 e. The zero-order valence-electron chi connectivity index (χ0n) is 22.3. The molecule has 0 saturated heterocycles. The largest absolute Gasteiger partial charge is 0.437 e. The minimum absolute atomic E-state index is 0. The molecule has 0 heterocycles. The summed E-state index contributed by atoms with van der Waals surface area (Å²) in [5.41, 5.74) is 0. The van der Waals surface area contributed by atoms with Crippen molar-refractivity contribution in [3.05, 3.63) is 0 Å². The average molecular weight is 547 g/mol. The summed E-state index contributed by atoms with van der Waals surface area (Å²) < 4.78 is 38.6. The van der Waals surface area contributed by atoms with E-state index in [2.05, 4.69) is 85.1 Å². The van der Waals surface area contributed by atoms with E-state index in [-0.39, 0.29) is 7.43 Å². The SMILES string of the molecule is C.CCOCCC[Si](C)(O[Si](C)(C)C)O[Si](C)(C)O[Si](C)(C)O[Si](C)(C)O[Si](C)(C)C. The summed E-state index contributed by atoms with van der Waals surface area (Å²) in [7, 11) is -13.0. The van der Waals surface area contributed by atoms with Crippen LogP contribution in [0.25, 0.3) is 0 Å². The first kappa shape index (κ1) is 34.2. The molecule has 1 unspecified atom stereocenters. The molecule has 0 aromatic carbocycles. The predicted molar refractivity (Wildman–Crippen MR) is 149 cm³/mol. The van der Waals surface area contributed by atoms with Crippen LogP contribution in [-0.4, -0.2) is 64.1 Å². The quantitative estimate of drug-likeness (QED) is 0.163. The molecular weight excluding hydrogens is 493 g/mol. The monoisotopic (exact) mass is 546 g/mol. The van der Waals surface area contributed by atoms with Gasteiger partial charge < -0.3 is 25.3 Å². The van der Waals surface area contributed by atoms with Gasteiger partial charge in [-0.2, -0.15) is 0 Å². The fourth-order valence-corrected chi connectivity index (χ4v) is 32.4. The molecule has 190 valence electrons. The van der Waals surface area contributed by atoms with Gasteiger partial charge in [-0.05, 0) is 104 Å². The Bertz CT molecular complexity index is 519. The van der Waals surface area contributed by atoms with Gasteiger partial charge in [-0.3, -0.25) is 0 Å². The zero-order valence-corrected chi connectivity index (χ0v) is 28.3. The number of rotatable bonds is 15. The van der Waals surface area contributed by atoms with Crippen LogP contribution in [-0.2, 0) is 25.3 Å². The van der Waals surface area contributed by atoms with Gasteiger partial charge in [0, 0.05) is 13.2 Å². The lowest BCUT2D eigenvalue weighted by Crippen LogP contribution is -2.60. The summed E-state index contributed by atoms with van der Waals surface area (Å²) >= 11 is 0. The Labute approximate surface area is 201 Å². The molecule has 0 aliphatic heterocycles. The lowest BCUT2D eigenvalue weighted by atomic mass is 10.5. The van der Waals surface area contributed by atoms with E-state index in [0.717, 1.165) is 25.7 Å².